The normalized spacial score (nSPS) is 18.9. The molecule has 1 aromatic carbocycles. The lowest BCUT2D eigenvalue weighted by molar-refractivity contribution is 0.0525. The Bertz CT molecular complexity index is 476. The molecule has 110 valence electrons. The van der Waals surface area contributed by atoms with E-state index in [1.807, 2.05) is 6.07 Å². The second-order valence-electron chi connectivity index (χ2n) is 4.79. The molecule has 2 rings (SSSR count). The smallest absolute Gasteiger partial charge is 0.340 e. The van der Waals surface area contributed by atoms with Crippen molar-refractivity contribution >= 4 is 17.3 Å². The summed E-state index contributed by atoms with van der Waals surface area (Å²) < 4.78 is 10.6. The Balaban J connectivity index is 2.40. The van der Waals surface area contributed by atoms with Crippen molar-refractivity contribution in [2.45, 2.75) is 26.3 Å². The summed E-state index contributed by atoms with van der Waals surface area (Å²) in [5.74, 6) is -0.323. The summed E-state index contributed by atoms with van der Waals surface area (Å²) in [5, 5.41) is 0. The zero-order valence-corrected chi connectivity index (χ0v) is 12.1. The van der Waals surface area contributed by atoms with Crippen LogP contribution in [0.4, 0.5) is 11.4 Å². The minimum absolute atomic E-state index is 0.238. The van der Waals surface area contributed by atoms with Crippen molar-refractivity contribution in [3.8, 4) is 0 Å². The van der Waals surface area contributed by atoms with Crippen LogP contribution in [0.25, 0.3) is 0 Å². The number of ether oxygens (including phenoxy) is 2. The third-order valence-corrected chi connectivity index (χ3v) is 3.55. The first-order valence-corrected chi connectivity index (χ1v) is 7.09. The van der Waals surface area contributed by atoms with Gasteiger partial charge in [0.05, 0.1) is 42.8 Å². The summed E-state index contributed by atoms with van der Waals surface area (Å²) in [7, 11) is 0. The Morgan fingerprint density at radius 3 is 3.00 bits per heavy atom. The van der Waals surface area contributed by atoms with E-state index in [0.717, 1.165) is 18.7 Å². The number of hydrogen-bond donors (Lipinski definition) is 1. The van der Waals surface area contributed by atoms with Gasteiger partial charge in [-0.1, -0.05) is 13.0 Å². The predicted octanol–water partition coefficient (Wildman–Crippen LogP) is 2.06. The minimum atomic E-state index is -0.323. The lowest BCUT2D eigenvalue weighted by Crippen LogP contribution is -2.46. The first kappa shape index (κ1) is 14.7. The van der Waals surface area contributed by atoms with Gasteiger partial charge in [-0.2, -0.15) is 0 Å². The van der Waals surface area contributed by atoms with Crippen LogP contribution in [0, 0.1) is 0 Å². The second-order valence-corrected chi connectivity index (χ2v) is 4.79. The maximum Gasteiger partial charge on any atom is 0.340 e. The quantitative estimate of drug-likeness (QED) is 0.674. The minimum Gasteiger partial charge on any atom is -0.462 e. The van der Waals surface area contributed by atoms with Crippen LogP contribution >= 0.6 is 0 Å². The van der Waals surface area contributed by atoms with E-state index in [1.54, 1.807) is 19.1 Å². The first-order chi connectivity index (χ1) is 9.69. The molecule has 0 aromatic heterocycles. The number of anilines is 2. The molecule has 0 amide bonds. The molecule has 1 atom stereocenters. The molecule has 1 fully saturated rings. The lowest BCUT2D eigenvalue weighted by atomic mass is 10.1. The molecule has 0 spiro atoms. The Morgan fingerprint density at radius 1 is 1.50 bits per heavy atom. The van der Waals surface area contributed by atoms with Crippen LogP contribution in [0.3, 0.4) is 0 Å². The van der Waals surface area contributed by atoms with E-state index in [-0.39, 0.29) is 12.0 Å². The largest absolute Gasteiger partial charge is 0.462 e. The number of morpholine rings is 1. The molecular weight excluding hydrogens is 256 g/mol. The van der Waals surface area contributed by atoms with E-state index in [9.17, 15) is 4.79 Å². The highest BCUT2D eigenvalue weighted by Crippen LogP contribution is 2.32. The van der Waals surface area contributed by atoms with Gasteiger partial charge in [-0.3, -0.25) is 0 Å². The second kappa shape index (κ2) is 6.61. The van der Waals surface area contributed by atoms with Gasteiger partial charge in [-0.15, -0.1) is 0 Å². The monoisotopic (exact) mass is 278 g/mol. The zero-order chi connectivity index (χ0) is 14.5. The van der Waals surface area contributed by atoms with Crippen molar-refractivity contribution in [3.63, 3.8) is 0 Å². The Morgan fingerprint density at radius 2 is 2.30 bits per heavy atom. The van der Waals surface area contributed by atoms with Gasteiger partial charge in [0.1, 0.15) is 0 Å². The van der Waals surface area contributed by atoms with Gasteiger partial charge in [0.15, 0.2) is 0 Å². The molecule has 0 bridgehead atoms. The van der Waals surface area contributed by atoms with Gasteiger partial charge in [0.25, 0.3) is 0 Å². The Kier molecular flexibility index (Phi) is 4.84. The molecule has 1 heterocycles. The number of hydrogen-bond acceptors (Lipinski definition) is 5. The number of carbonyl (C=O) groups excluding carboxylic acids is 1. The third kappa shape index (κ3) is 2.88. The summed E-state index contributed by atoms with van der Waals surface area (Å²) in [6, 6.07) is 5.61. The fourth-order valence-corrected chi connectivity index (χ4v) is 2.54. The fraction of sp³-hybridized carbons (Fsp3) is 0.533. The molecule has 5 nitrogen and oxygen atoms in total. The van der Waals surface area contributed by atoms with Gasteiger partial charge in [0, 0.05) is 6.54 Å². The fourth-order valence-electron chi connectivity index (χ4n) is 2.54. The summed E-state index contributed by atoms with van der Waals surface area (Å²) in [6.45, 7) is 6.30. The van der Waals surface area contributed by atoms with Crippen LogP contribution < -0.4 is 10.6 Å². The number of nitrogens with zero attached hydrogens (tertiary/aromatic N) is 1. The first-order valence-electron chi connectivity index (χ1n) is 7.09. The number of carbonyl (C=O) groups is 1. The highest BCUT2D eigenvalue weighted by molar-refractivity contribution is 5.99. The van der Waals surface area contributed by atoms with E-state index in [2.05, 4.69) is 11.8 Å². The lowest BCUT2D eigenvalue weighted by Gasteiger charge is -2.38. The van der Waals surface area contributed by atoms with Crippen LogP contribution in [0.2, 0.25) is 0 Å². The van der Waals surface area contributed by atoms with E-state index in [0.29, 0.717) is 31.1 Å². The van der Waals surface area contributed by atoms with Crippen molar-refractivity contribution in [1.29, 1.82) is 0 Å². The number of rotatable bonds is 4. The molecule has 1 aliphatic heterocycles. The van der Waals surface area contributed by atoms with Crippen molar-refractivity contribution in [2.24, 2.45) is 0 Å². The van der Waals surface area contributed by atoms with Crippen molar-refractivity contribution in [2.75, 3.05) is 37.0 Å². The summed E-state index contributed by atoms with van der Waals surface area (Å²) in [6.07, 6.45) is 0.941. The summed E-state index contributed by atoms with van der Waals surface area (Å²) >= 11 is 0. The van der Waals surface area contributed by atoms with Gasteiger partial charge >= 0.3 is 5.97 Å². The maximum atomic E-state index is 12.1. The third-order valence-electron chi connectivity index (χ3n) is 3.55. The molecule has 1 unspecified atom stereocenters. The van der Waals surface area contributed by atoms with E-state index in [1.165, 1.54) is 0 Å². The topological polar surface area (TPSA) is 64.8 Å². The Labute approximate surface area is 119 Å². The highest BCUT2D eigenvalue weighted by Gasteiger charge is 2.27. The van der Waals surface area contributed by atoms with Gasteiger partial charge in [0.2, 0.25) is 0 Å². The van der Waals surface area contributed by atoms with E-state index >= 15 is 0 Å². The van der Waals surface area contributed by atoms with E-state index < -0.39 is 0 Å². The highest BCUT2D eigenvalue weighted by atomic mass is 16.5. The van der Waals surface area contributed by atoms with Gasteiger partial charge in [-0.25, -0.2) is 4.79 Å². The number of benzene rings is 1. The molecule has 1 aliphatic rings. The molecule has 1 saturated heterocycles. The molecule has 0 aliphatic carbocycles. The average molecular weight is 278 g/mol. The molecule has 0 radical (unpaired) electrons. The molecule has 2 N–H and O–H groups in total. The van der Waals surface area contributed by atoms with Gasteiger partial charge < -0.3 is 20.1 Å². The summed E-state index contributed by atoms with van der Waals surface area (Å²) in [4.78, 5) is 14.3. The number of nitrogen functional groups attached to an aromatic ring is 1. The number of esters is 1. The van der Waals surface area contributed by atoms with E-state index in [4.69, 9.17) is 15.2 Å². The predicted molar refractivity (Wildman–Crippen MR) is 79.1 cm³/mol. The standard InChI is InChI=1S/C15H22N2O3/c1-3-11-10-19-9-8-17(11)14-12(15(18)20-4-2)6-5-7-13(14)16/h5-7,11H,3-4,8-10,16H2,1-2H3. The SMILES string of the molecule is CCOC(=O)c1cccc(N)c1N1CCOCC1CC. The molecule has 20 heavy (non-hydrogen) atoms. The maximum absolute atomic E-state index is 12.1. The average Bonchev–Trinajstić information content (AvgIpc) is 2.47. The van der Waals surface area contributed by atoms with Crippen LogP contribution in [-0.4, -0.2) is 38.4 Å². The zero-order valence-electron chi connectivity index (χ0n) is 12.1. The van der Waals surface area contributed by atoms with Crippen LogP contribution in [0.5, 0.6) is 0 Å². The summed E-state index contributed by atoms with van der Waals surface area (Å²) in [5.41, 5.74) is 8.03. The molecule has 5 heteroatoms. The van der Waals surface area contributed by atoms with Crippen molar-refractivity contribution in [1.82, 2.24) is 0 Å². The molecule has 1 aromatic rings. The van der Waals surface area contributed by atoms with Crippen molar-refractivity contribution in [3.05, 3.63) is 23.8 Å². The Hall–Kier alpha value is -1.75. The van der Waals surface area contributed by atoms with Crippen LogP contribution in [-0.2, 0) is 9.47 Å². The van der Waals surface area contributed by atoms with Crippen LogP contribution in [0.1, 0.15) is 30.6 Å². The van der Waals surface area contributed by atoms with Crippen LogP contribution in [0.15, 0.2) is 18.2 Å². The number of para-hydroxylation sites is 1. The molecular formula is C15H22N2O3. The molecule has 0 saturated carbocycles. The van der Waals surface area contributed by atoms with Crippen molar-refractivity contribution < 1.29 is 14.3 Å². The van der Waals surface area contributed by atoms with Gasteiger partial charge in [-0.05, 0) is 25.5 Å². The number of nitrogens with two attached hydrogens (primary N) is 1.